The molecule has 2 amide bonds. The topological polar surface area (TPSA) is 254 Å². The quantitative estimate of drug-likeness (QED) is 0.0279. The fourth-order valence-electron chi connectivity index (χ4n) is 15.1. The van der Waals surface area contributed by atoms with Crippen LogP contribution in [0, 0.1) is 0 Å². The third-order valence-corrected chi connectivity index (χ3v) is 20.8. The molecule has 3 fully saturated rings. The zero-order chi connectivity index (χ0) is 79.6. The van der Waals surface area contributed by atoms with Gasteiger partial charge in [-0.25, -0.2) is 9.59 Å². The lowest BCUT2D eigenvalue weighted by Gasteiger charge is -2.52. The number of carbonyl (C=O) groups excluding carboxylic acids is 2. The molecule has 22 nitrogen and oxygen atoms in total. The highest BCUT2D eigenvalue weighted by molar-refractivity contribution is 5.81. The van der Waals surface area contributed by atoms with Gasteiger partial charge >= 0.3 is 12.1 Å². The minimum atomic E-state index is -1.75. The van der Waals surface area contributed by atoms with Gasteiger partial charge in [0, 0.05) is 12.8 Å². The molecular formula is C94H98N2O20. The van der Waals surface area contributed by atoms with Gasteiger partial charge in [-0.3, -0.25) is 4.79 Å². The largest absolute Gasteiger partial charge is 0.480 e. The Morgan fingerprint density at radius 1 is 0.353 bits per heavy atom. The highest BCUT2D eigenvalue weighted by Gasteiger charge is 2.57. The van der Waals surface area contributed by atoms with Crippen LogP contribution in [-0.2, 0) is 133 Å². The van der Waals surface area contributed by atoms with Gasteiger partial charge < -0.3 is 91.9 Å². The fraction of sp³-hybridized carbons (Fsp3) is 0.330. The smallest absolute Gasteiger partial charge is 0.407 e. The molecule has 22 heteroatoms. The average molecular weight is 1580 g/mol. The SMILES string of the molecule is CC(=O)N[C@H]1[C@H](O[C@@H]2[C@@H](OC[C@H](NC(=O)OCC3c4ccccc4-c4ccccc43)C(=O)O)O[C@H](COCc3ccccc3)[C@@H](OCc3ccccc3)[C@@H]2OCc2ccccc2)O[C@H](COCc2ccccc2)[C@@H](O[C@@H]2O[C@H](CO)[C@H](OCc3ccccc3)[C@H](OCc3ccccc3)[C@H]2OCc2ccccc2)[C@@H]1OCc1ccccc1. The van der Waals surface area contributed by atoms with Crippen molar-refractivity contribution >= 4 is 18.0 Å². The maximum Gasteiger partial charge on any atom is 0.407 e. The van der Waals surface area contributed by atoms with E-state index in [2.05, 4.69) is 10.6 Å². The van der Waals surface area contributed by atoms with E-state index in [0.717, 1.165) is 66.8 Å². The Morgan fingerprint density at radius 3 is 1.10 bits per heavy atom. The summed E-state index contributed by atoms with van der Waals surface area (Å²) in [6, 6.07) is 89.4. The summed E-state index contributed by atoms with van der Waals surface area (Å²) >= 11 is 0. The fourth-order valence-corrected chi connectivity index (χ4v) is 15.1. The Bertz CT molecular complexity index is 4560. The van der Waals surface area contributed by atoms with Gasteiger partial charge in [0.2, 0.25) is 5.91 Å². The van der Waals surface area contributed by atoms with E-state index in [9.17, 15) is 24.6 Å². The molecule has 0 aromatic heterocycles. The summed E-state index contributed by atoms with van der Waals surface area (Å²) in [6.07, 6.45) is -18.6. The van der Waals surface area contributed by atoms with Crippen molar-refractivity contribution in [3.05, 3.63) is 347 Å². The first-order valence-electron chi connectivity index (χ1n) is 39.3. The van der Waals surface area contributed by atoms with Crippen LogP contribution in [0.15, 0.2) is 291 Å². The number of aliphatic carboxylic acids is 1. The van der Waals surface area contributed by atoms with E-state index in [1.165, 1.54) is 6.92 Å². The number of rotatable bonds is 39. The number of amides is 2. The molecule has 3 heterocycles. The van der Waals surface area contributed by atoms with E-state index in [-0.39, 0.29) is 78.6 Å². The lowest BCUT2D eigenvalue weighted by atomic mass is 9.94. The minimum Gasteiger partial charge on any atom is -0.480 e. The van der Waals surface area contributed by atoms with E-state index < -0.39 is 129 Å². The van der Waals surface area contributed by atoms with Crippen LogP contribution < -0.4 is 10.6 Å². The summed E-state index contributed by atoms with van der Waals surface area (Å²) in [6.45, 7) is 0.106. The summed E-state index contributed by atoms with van der Waals surface area (Å²) in [4.78, 5) is 42.4. The molecule has 3 saturated heterocycles. The Morgan fingerprint density at radius 2 is 0.690 bits per heavy atom. The van der Waals surface area contributed by atoms with E-state index in [4.69, 9.17) is 71.1 Å². The van der Waals surface area contributed by atoms with Crippen LogP contribution in [0.5, 0.6) is 0 Å². The lowest BCUT2D eigenvalue weighted by molar-refractivity contribution is -0.384. The normalized spacial score (nSPS) is 24.0. The number of carbonyl (C=O) groups is 3. The van der Waals surface area contributed by atoms with Gasteiger partial charge in [0.15, 0.2) is 24.9 Å². The minimum absolute atomic E-state index is 0.0325. The number of alkyl carbamates (subject to hydrolysis) is 1. The number of carboxylic acid groups (broad SMARTS) is 1. The zero-order valence-electron chi connectivity index (χ0n) is 64.5. The third-order valence-electron chi connectivity index (χ3n) is 20.8. The molecule has 1 aliphatic carbocycles. The summed E-state index contributed by atoms with van der Waals surface area (Å²) in [5, 5.41) is 28.5. The van der Waals surface area contributed by atoms with Gasteiger partial charge in [-0.15, -0.1) is 0 Å². The first-order valence-corrected chi connectivity index (χ1v) is 39.3. The van der Waals surface area contributed by atoms with Gasteiger partial charge in [0.1, 0.15) is 79.8 Å². The first-order chi connectivity index (χ1) is 57.0. The molecule has 14 rings (SSSR count). The molecule has 0 saturated carbocycles. The Balaban J connectivity index is 0.855. The molecule has 0 unspecified atom stereocenters. The molecule has 16 atom stereocenters. The van der Waals surface area contributed by atoms with Crippen molar-refractivity contribution in [2.24, 2.45) is 0 Å². The third kappa shape index (κ3) is 22.3. The van der Waals surface area contributed by atoms with Crippen LogP contribution in [0.2, 0.25) is 0 Å². The Labute approximate surface area is 675 Å². The first kappa shape index (κ1) is 82.3. The van der Waals surface area contributed by atoms with Crippen molar-refractivity contribution in [3.8, 4) is 11.1 Å². The zero-order valence-corrected chi connectivity index (χ0v) is 64.5. The maximum atomic E-state index is 14.5. The molecular weight excluding hydrogens is 1480 g/mol. The van der Waals surface area contributed by atoms with Gasteiger partial charge in [-0.2, -0.15) is 0 Å². The number of carboxylic acids is 1. The van der Waals surface area contributed by atoms with Gasteiger partial charge in [0.05, 0.1) is 79.3 Å². The molecule has 3 aliphatic heterocycles. The number of aliphatic hydroxyl groups excluding tert-OH is 1. The number of aliphatic hydroxyl groups is 1. The summed E-state index contributed by atoms with van der Waals surface area (Å²) < 4.78 is 106. The number of fused-ring (bicyclic) bond motifs is 3. The molecule has 10 aromatic rings. The van der Waals surface area contributed by atoms with Crippen molar-refractivity contribution in [2.45, 2.75) is 164 Å². The summed E-state index contributed by atoms with van der Waals surface area (Å²) in [7, 11) is 0. The second-order valence-electron chi connectivity index (χ2n) is 29.0. The van der Waals surface area contributed by atoms with E-state index >= 15 is 0 Å². The number of benzene rings is 10. The highest BCUT2D eigenvalue weighted by atomic mass is 16.8. The predicted molar refractivity (Wildman–Crippen MR) is 428 cm³/mol. The van der Waals surface area contributed by atoms with Crippen LogP contribution >= 0.6 is 0 Å². The summed E-state index contributed by atoms with van der Waals surface area (Å²) in [5.74, 6) is -2.32. The molecule has 0 radical (unpaired) electrons. The molecule has 4 aliphatic rings. The monoisotopic (exact) mass is 1570 g/mol. The number of ether oxygens (including phenoxy) is 15. The summed E-state index contributed by atoms with van der Waals surface area (Å²) in [5.41, 5.74) is 10.5. The van der Waals surface area contributed by atoms with Crippen LogP contribution in [0.1, 0.15) is 68.5 Å². The van der Waals surface area contributed by atoms with Crippen LogP contribution in [-0.4, -0.2) is 159 Å². The molecule has 0 spiro atoms. The maximum absolute atomic E-state index is 14.5. The van der Waals surface area contributed by atoms with Gasteiger partial charge in [-0.05, 0) is 66.8 Å². The Hall–Kier alpha value is -10.2. The van der Waals surface area contributed by atoms with Crippen LogP contribution in [0.3, 0.4) is 0 Å². The lowest BCUT2D eigenvalue weighted by Crippen LogP contribution is -2.70. The van der Waals surface area contributed by atoms with Gasteiger partial charge in [-0.1, -0.05) is 291 Å². The molecule has 4 N–H and O–H groups in total. The van der Waals surface area contributed by atoms with Crippen molar-refractivity contribution < 1.29 is 95.6 Å². The van der Waals surface area contributed by atoms with Gasteiger partial charge in [0.25, 0.3) is 0 Å². The second kappa shape index (κ2) is 42.1. The van der Waals surface area contributed by atoms with Crippen LogP contribution in [0.4, 0.5) is 4.79 Å². The average Bonchev–Trinajstić information content (AvgIpc) is 1.70. The van der Waals surface area contributed by atoms with Crippen LogP contribution in [0.25, 0.3) is 11.1 Å². The van der Waals surface area contributed by atoms with Crippen molar-refractivity contribution in [1.29, 1.82) is 0 Å². The molecule has 0 bridgehead atoms. The van der Waals surface area contributed by atoms with Crippen molar-refractivity contribution in [3.63, 3.8) is 0 Å². The highest BCUT2D eigenvalue weighted by Crippen LogP contribution is 2.45. The predicted octanol–water partition coefficient (Wildman–Crippen LogP) is 13.4. The van der Waals surface area contributed by atoms with Crippen molar-refractivity contribution in [1.82, 2.24) is 10.6 Å². The Kier molecular flexibility index (Phi) is 29.9. The van der Waals surface area contributed by atoms with E-state index in [1.54, 1.807) is 0 Å². The standard InChI is InChI=1S/C94H98N2O20/c1-63(98)95-81-85(106-55-68-38-18-6-19-39-68)84(115-93-88(109-58-71-44-24-9-25-45-71)86(107-56-69-40-20-7-21-41-69)82(78(50-97)112-93)104-53-66-34-14-4-15-35-66)80(62-103-52-65-32-12-3-13-33-65)113-91(81)116-89-87(108-57-70-42-22-8-23-43-70)83(105-54-67-36-16-5-17-37-67)79(61-102-51-64-30-10-2-11-31-64)114-92(89)110-60-77(90(99)100)96-94(101)111-59-76-74-48-28-26-46-72(74)73-47-27-29-49-75(73)76/h2-49,76-89,91-93,97H,50-62H2,1H3,(H,95,98)(H,96,101)(H,99,100)/t77-,78+,79+,80+,81+,82-,83+,84+,85+,86-,87-,88+,89-,91-,92-,93-/m0/s1. The number of hydrogen-bond acceptors (Lipinski definition) is 19. The van der Waals surface area contributed by atoms with E-state index in [1.807, 2.05) is 291 Å². The van der Waals surface area contributed by atoms with Crippen molar-refractivity contribution in [2.75, 3.05) is 33.0 Å². The number of hydrogen-bond donors (Lipinski definition) is 4. The second-order valence-corrected chi connectivity index (χ2v) is 29.0. The van der Waals surface area contributed by atoms with E-state index in [0.29, 0.717) is 0 Å². The molecule has 116 heavy (non-hydrogen) atoms. The molecule has 10 aromatic carbocycles. The molecule has 604 valence electrons. The number of nitrogens with one attached hydrogen (secondary N) is 2.